The van der Waals surface area contributed by atoms with Gasteiger partial charge in [0.05, 0.1) is 0 Å². The summed E-state index contributed by atoms with van der Waals surface area (Å²) in [6.45, 7) is 8.08. The quantitative estimate of drug-likeness (QED) is 0.897. The Hall–Kier alpha value is -1.02. The summed E-state index contributed by atoms with van der Waals surface area (Å²) >= 11 is 0. The molecule has 0 bridgehead atoms. The zero-order chi connectivity index (χ0) is 14.7. The molecule has 0 spiro atoms. The Kier molecular flexibility index (Phi) is 4.84. The van der Waals surface area contributed by atoms with Crippen LogP contribution >= 0.6 is 0 Å². The maximum atomic E-state index is 3.80. The molecule has 1 unspecified atom stereocenters. The molecular weight excluding hydrogens is 256 g/mol. The molecular formula is C19H30N2. The molecule has 1 aliphatic carbocycles. The second-order valence-electron chi connectivity index (χ2n) is 7.12. The third kappa shape index (κ3) is 3.42. The molecule has 1 aromatic rings. The first-order chi connectivity index (χ1) is 10.3. The van der Waals surface area contributed by atoms with Crippen molar-refractivity contribution in [1.29, 1.82) is 0 Å². The lowest BCUT2D eigenvalue weighted by molar-refractivity contribution is 0.257. The Balaban J connectivity index is 1.73. The molecule has 3 rings (SSSR count). The van der Waals surface area contributed by atoms with E-state index < -0.39 is 0 Å². The van der Waals surface area contributed by atoms with Crippen molar-refractivity contribution in [3.05, 3.63) is 29.8 Å². The van der Waals surface area contributed by atoms with Gasteiger partial charge in [0.25, 0.3) is 0 Å². The third-order valence-electron chi connectivity index (χ3n) is 5.32. The highest BCUT2D eigenvalue weighted by Gasteiger charge is 2.28. The van der Waals surface area contributed by atoms with Crippen molar-refractivity contribution < 1.29 is 0 Å². The Morgan fingerprint density at radius 2 is 1.86 bits per heavy atom. The van der Waals surface area contributed by atoms with Gasteiger partial charge in [-0.05, 0) is 36.3 Å². The van der Waals surface area contributed by atoms with Crippen LogP contribution in [0.4, 0.5) is 5.69 Å². The van der Waals surface area contributed by atoms with Crippen molar-refractivity contribution in [2.45, 2.75) is 57.9 Å². The van der Waals surface area contributed by atoms with Crippen LogP contribution in [0, 0.1) is 5.92 Å². The fourth-order valence-corrected chi connectivity index (χ4v) is 4.11. The summed E-state index contributed by atoms with van der Waals surface area (Å²) in [6, 6.07) is 9.69. The van der Waals surface area contributed by atoms with Crippen molar-refractivity contribution in [2.75, 3.05) is 24.5 Å². The van der Waals surface area contributed by atoms with Gasteiger partial charge in [-0.1, -0.05) is 51.3 Å². The SMILES string of the molecule is CC(C)c1ccccc1N1CCNC(C2CCCCC2)C1. The van der Waals surface area contributed by atoms with Crippen LogP contribution in [-0.2, 0) is 0 Å². The Labute approximate surface area is 129 Å². The van der Waals surface area contributed by atoms with Gasteiger partial charge in [0.1, 0.15) is 0 Å². The van der Waals surface area contributed by atoms with Gasteiger partial charge >= 0.3 is 0 Å². The van der Waals surface area contributed by atoms with Gasteiger partial charge in [-0.25, -0.2) is 0 Å². The van der Waals surface area contributed by atoms with E-state index in [4.69, 9.17) is 0 Å². The number of benzene rings is 1. The Morgan fingerprint density at radius 3 is 2.62 bits per heavy atom. The molecule has 1 aromatic carbocycles. The topological polar surface area (TPSA) is 15.3 Å². The smallest absolute Gasteiger partial charge is 0.0402 e. The summed E-state index contributed by atoms with van der Waals surface area (Å²) in [4.78, 5) is 2.63. The van der Waals surface area contributed by atoms with Crippen LogP contribution in [0.25, 0.3) is 0 Å². The summed E-state index contributed by atoms with van der Waals surface area (Å²) in [5, 5.41) is 3.80. The Morgan fingerprint density at radius 1 is 1.10 bits per heavy atom. The highest BCUT2D eigenvalue weighted by atomic mass is 15.2. The standard InChI is InChI=1S/C19H30N2/c1-15(2)17-10-6-7-11-19(17)21-13-12-20-18(14-21)16-8-4-3-5-9-16/h6-7,10-11,15-16,18,20H,3-5,8-9,12-14H2,1-2H3. The van der Waals surface area contributed by atoms with Gasteiger partial charge in [0.2, 0.25) is 0 Å². The first-order valence-corrected chi connectivity index (χ1v) is 8.83. The number of nitrogens with zero attached hydrogens (tertiary/aromatic N) is 1. The van der Waals surface area contributed by atoms with E-state index in [0.717, 1.165) is 19.0 Å². The molecule has 1 heterocycles. The molecule has 1 atom stereocenters. The van der Waals surface area contributed by atoms with E-state index in [2.05, 4.69) is 48.3 Å². The van der Waals surface area contributed by atoms with Gasteiger partial charge in [-0.3, -0.25) is 0 Å². The molecule has 21 heavy (non-hydrogen) atoms. The maximum Gasteiger partial charge on any atom is 0.0402 e. The van der Waals surface area contributed by atoms with E-state index in [9.17, 15) is 0 Å². The average Bonchev–Trinajstić information content (AvgIpc) is 2.56. The van der Waals surface area contributed by atoms with E-state index in [1.54, 1.807) is 0 Å². The number of rotatable bonds is 3. The molecule has 0 aromatic heterocycles. The summed E-state index contributed by atoms with van der Waals surface area (Å²) in [5.74, 6) is 1.50. The van der Waals surface area contributed by atoms with Crippen LogP contribution in [0.2, 0.25) is 0 Å². The minimum atomic E-state index is 0.601. The molecule has 1 aliphatic heterocycles. The van der Waals surface area contributed by atoms with Gasteiger partial charge in [0.15, 0.2) is 0 Å². The van der Waals surface area contributed by atoms with E-state index in [0.29, 0.717) is 12.0 Å². The van der Waals surface area contributed by atoms with Crippen LogP contribution in [0.15, 0.2) is 24.3 Å². The molecule has 0 radical (unpaired) electrons. The lowest BCUT2D eigenvalue weighted by Gasteiger charge is -2.41. The van der Waals surface area contributed by atoms with Gasteiger partial charge in [0, 0.05) is 31.4 Å². The van der Waals surface area contributed by atoms with Gasteiger partial charge < -0.3 is 10.2 Å². The monoisotopic (exact) mass is 286 g/mol. The number of hydrogen-bond acceptors (Lipinski definition) is 2. The van der Waals surface area contributed by atoms with E-state index in [-0.39, 0.29) is 0 Å². The van der Waals surface area contributed by atoms with Crippen molar-refractivity contribution in [3.8, 4) is 0 Å². The van der Waals surface area contributed by atoms with Crippen LogP contribution in [0.3, 0.4) is 0 Å². The molecule has 116 valence electrons. The summed E-state index contributed by atoms with van der Waals surface area (Å²) in [7, 11) is 0. The molecule has 0 amide bonds. The van der Waals surface area contributed by atoms with E-state index >= 15 is 0 Å². The molecule has 1 saturated carbocycles. The highest BCUT2D eigenvalue weighted by Crippen LogP contribution is 2.31. The van der Waals surface area contributed by atoms with Crippen LogP contribution < -0.4 is 10.2 Å². The lowest BCUT2D eigenvalue weighted by atomic mass is 9.83. The largest absolute Gasteiger partial charge is 0.368 e. The zero-order valence-corrected chi connectivity index (χ0v) is 13.6. The molecule has 1 saturated heterocycles. The van der Waals surface area contributed by atoms with Crippen molar-refractivity contribution >= 4 is 5.69 Å². The predicted octanol–water partition coefficient (Wildman–Crippen LogP) is 4.17. The molecule has 2 heteroatoms. The molecule has 2 nitrogen and oxygen atoms in total. The predicted molar refractivity (Wildman–Crippen MR) is 91.1 cm³/mol. The normalized spacial score (nSPS) is 24.5. The summed E-state index contributed by atoms with van der Waals surface area (Å²) in [6.07, 6.45) is 7.18. The fourth-order valence-electron chi connectivity index (χ4n) is 4.11. The molecule has 1 N–H and O–H groups in total. The maximum absolute atomic E-state index is 3.80. The number of para-hydroxylation sites is 1. The van der Waals surface area contributed by atoms with E-state index in [1.165, 1.54) is 49.9 Å². The number of hydrogen-bond donors (Lipinski definition) is 1. The summed E-state index contributed by atoms with van der Waals surface area (Å²) < 4.78 is 0. The average molecular weight is 286 g/mol. The third-order valence-corrected chi connectivity index (χ3v) is 5.32. The molecule has 2 aliphatic rings. The van der Waals surface area contributed by atoms with Gasteiger partial charge in [-0.15, -0.1) is 0 Å². The van der Waals surface area contributed by atoms with Crippen molar-refractivity contribution in [1.82, 2.24) is 5.32 Å². The fraction of sp³-hybridized carbons (Fsp3) is 0.684. The second-order valence-corrected chi connectivity index (χ2v) is 7.12. The first kappa shape index (κ1) is 14.9. The zero-order valence-electron chi connectivity index (χ0n) is 13.6. The van der Waals surface area contributed by atoms with Crippen molar-refractivity contribution in [2.24, 2.45) is 5.92 Å². The first-order valence-electron chi connectivity index (χ1n) is 8.83. The number of piperazine rings is 1. The lowest BCUT2D eigenvalue weighted by Crippen LogP contribution is -2.54. The van der Waals surface area contributed by atoms with Gasteiger partial charge in [-0.2, -0.15) is 0 Å². The van der Waals surface area contributed by atoms with Crippen molar-refractivity contribution in [3.63, 3.8) is 0 Å². The number of nitrogens with one attached hydrogen (secondary N) is 1. The molecule has 2 fully saturated rings. The second kappa shape index (κ2) is 6.83. The summed E-state index contributed by atoms with van der Waals surface area (Å²) in [5.41, 5.74) is 2.97. The minimum Gasteiger partial charge on any atom is -0.368 e. The number of anilines is 1. The Bertz CT molecular complexity index is 449. The van der Waals surface area contributed by atoms with Crippen LogP contribution in [-0.4, -0.2) is 25.7 Å². The minimum absolute atomic E-state index is 0.601. The van der Waals surface area contributed by atoms with Crippen LogP contribution in [0.5, 0.6) is 0 Å². The van der Waals surface area contributed by atoms with E-state index in [1.807, 2.05) is 0 Å². The van der Waals surface area contributed by atoms with Crippen LogP contribution in [0.1, 0.15) is 57.4 Å². The highest BCUT2D eigenvalue weighted by molar-refractivity contribution is 5.55.